The van der Waals surface area contributed by atoms with Crippen LogP contribution in [0.2, 0.25) is 0 Å². The van der Waals surface area contributed by atoms with Gasteiger partial charge in [-0.3, -0.25) is 9.59 Å². The summed E-state index contributed by atoms with van der Waals surface area (Å²) in [5, 5.41) is 11.5. The van der Waals surface area contributed by atoms with Crippen molar-refractivity contribution in [1.82, 2.24) is 5.32 Å². The van der Waals surface area contributed by atoms with Crippen LogP contribution in [-0.4, -0.2) is 37.4 Å². The fourth-order valence-corrected chi connectivity index (χ4v) is 2.38. The van der Waals surface area contributed by atoms with E-state index in [4.69, 9.17) is 5.11 Å². The first-order valence-electron chi connectivity index (χ1n) is 6.52. The molecule has 1 atom stereocenters. The largest absolute Gasteiger partial charge is 0.481 e. The summed E-state index contributed by atoms with van der Waals surface area (Å²) in [5.41, 5.74) is 0.798. The molecule has 2 N–H and O–H groups in total. The monoisotopic (exact) mass is 313 g/mol. The molecule has 1 aromatic rings. The van der Waals surface area contributed by atoms with Crippen LogP contribution in [0.3, 0.4) is 0 Å². The van der Waals surface area contributed by atoms with Gasteiger partial charge in [0.15, 0.2) is 0 Å². The van der Waals surface area contributed by atoms with E-state index in [1.165, 1.54) is 0 Å². The maximum absolute atomic E-state index is 11.8. The van der Waals surface area contributed by atoms with Crippen molar-refractivity contribution in [2.24, 2.45) is 0 Å². The van der Waals surface area contributed by atoms with E-state index in [-0.39, 0.29) is 25.0 Å². The van der Waals surface area contributed by atoms with Gasteiger partial charge in [0.25, 0.3) is 0 Å². The first-order valence-corrected chi connectivity index (χ1v) is 8.58. The standard InChI is InChI=1S/C14H19NO5S/c1-21(19,20)10-9-13(16)15-12(7-8-14(17)18)11-5-3-2-4-6-11/h2-6,12H,7-10H2,1H3,(H,15,16)(H,17,18). The molecule has 1 aromatic carbocycles. The van der Waals surface area contributed by atoms with Gasteiger partial charge >= 0.3 is 5.97 Å². The summed E-state index contributed by atoms with van der Waals surface area (Å²) in [7, 11) is -3.20. The lowest BCUT2D eigenvalue weighted by Crippen LogP contribution is -2.30. The molecule has 0 spiro atoms. The fourth-order valence-electron chi connectivity index (χ4n) is 1.82. The van der Waals surface area contributed by atoms with Crippen molar-refractivity contribution in [1.29, 1.82) is 0 Å². The van der Waals surface area contributed by atoms with E-state index in [9.17, 15) is 18.0 Å². The number of hydrogen-bond acceptors (Lipinski definition) is 4. The van der Waals surface area contributed by atoms with Crippen molar-refractivity contribution in [3.8, 4) is 0 Å². The lowest BCUT2D eigenvalue weighted by Gasteiger charge is -2.18. The number of nitrogens with one attached hydrogen (secondary N) is 1. The zero-order valence-electron chi connectivity index (χ0n) is 11.8. The predicted molar refractivity (Wildman–Crippen MR) is 78.5 cm³/mol. The summed E-state index contributed by atoms with van der Waals surface area (Å²) in [6, 6.07) is 8.57. The summed E-state index contributed by atoms with van der Waals surface area (Å²) >= 11 is 0. The number of benzene rings is 1. The van der Waals surface area contributed by atoms with E-state index in [2.05, 4.69) is 5.32 Å². The van der Waals surface area contributed by atoms with Gasteiger partial charge in [-0.2, -0.15) is 0 Å². The maximum atomic E-state index is 11.8. The van der Waals surface area contributed by atoms with Crippen molar-refractivity contribution in [2.45, 2.75) is 25.3 Å². The Hall–Kier alpha value is -1.89. The predicted octanol–water partition coefficient (Wildman–Crippen LogP) is 1.14. The average molecular weight is 313 g/mol. The van der Waals surface area contributed by atoms with Gasteiger partial charge in [0, 0.05) is 19.1 Å². The molecule has 1 unspecified atom stereocenters. The Kier molecular flexibility index (Phi) is 6.36. The lowest BCUT2D eigenvalue weighted by molar-refractivity contribution is -0.137. The van der Waals surface area contributed by atoms with Gasteiger partial charge in [0.2, 0.25) is 5.91 Å². The first-order chi connectivity index (χ1) is 9.78. The molecule has 1 amide bonds. The van der Waals surface area contributed by atoms with Gasteiger partial charge in [0.05, 0.1) is 11.8 Å². The van der Waals surface area contributed by atoms with Crippen LogP contribution in [0, 0.1) is 0 Å². The van der Waals surface area contributed by atoms with E-state index >= 15 is 0 Å². The Morgan fingerprint density at radius 3 is 2.33 bits per heavy atom. The smallest absolute Gasteiger partial charge is 0.303 e. The quantitative estimate of drug-likeness (QED) is 0.749. The highest BCUT2D eigenvalue weighted by molar-refractivity contribution is 7.90. The van der Waals surface area contributed by atoms with E-state index in [0.717, 1.165) is 11.8 Å². The molecule has 116 valence electrons. The van der Waals surface area contributed by atoms with Crippen LogP contribution in [0.25, 0.3) is 0 Å². The highest BCUT2D eigenvalue weighted by Gasteiger charge is 2.16. The summed E-state index contributed by atoms with van der Waals surface area (Å²) in [5.74, 6) is -1.57. The topological polar surface area (TPSA) is 101 Å². The molecule has 0 radical (unpaired) electrons. The Balaban J connectivity index is 2.69. The normalized spacial score (nSPS) is 12.6. The molecule has 0 saturated carbocycles. The second kappa shape index (κ2) is 7.78. The molecule has 0 bridgehead atoms. The molecule has 0 saturated heterocycles. The minimum absolute atomic E-state index is 0.0775. The average Bonchev–Trinajstić information content (AvgIpc) is 2.41. The number of sulfone groups is 1. The van der Waals surface area contributed by atoms with Gasteiger partial charge < -0.3 is 10.4 Å². The van der Waals surface area contributed by atoms with Gasteiger partial charge in [-0.25, -0.2) is 8.42 Å². The maximum Gasteiger partial charge on any atom is 0.303 e. The number of amides is 1. The van der Waals surface area contributed by atoms with Crippen LogP contribution in [-0.2, 0) is 19.4 Å². The molecule has 0 heterocycles. The van der Waals surface area contributed by atoms with Gasteiger partial charge in [-0.15, -0.1) is 0 Å². The molecule has 0 aliphatic heterocycles. The second-order valence-electron chi connectivity index (χ2n) is 4.84. The summed E-state index contributed by atoms with van der Waals surface area (Å²) < 4.78 is 22.1. The van der Waals surface area contributed by atoms with Crippen molar-refractivity contribution in [3.63, 3.8) is 0 Å². The van der Waals surface area contributed by atoms with Crippen molar-refractivity contribution >= 4 is 21.7 Å². The van der Waals surface area contributed by atoms with E-state index in [0.29, 0.717) is 0 Å². The zero-order valence-corrected chi connectivity index (χ0v) is 12.6. The third-order valence-electron chi connectivity index (χ3n) is 2.88. The highest BCUT2D eigenvalue weighted by Crippen LogP contribution is 2.18. The third kappa shape index (κ3) is 7.45. The molecule has 0 aliphatic rings. The summed E-state index contributed by atoms with van der Waals surface area (Å²) in [4.78, 5) is 22.5. The number of carbonyl (C=O) groups excluding carboxylic acids is 1. The number of carboxylic acids is 1. The van der Waals surface area contributed by atoms with Crippen LogP contribution >= 0.6 is 0 Å². The molecule has 0 aromatic heterocycles. The van der Waals surface area contributed by atoms with Gasteiger partial charge in [-0.1, -0.05) is 30.3 Å². The van der Waals surface area contributed by atoms with Crippen molar-refractivity contribution in [2.75, 3.05) is 12.0 Å². The number of aliphatic carboxylic acids is 1. The van der Waals surface area contributed by atoms with E-state index in [1.807, 2.05) is 6.07 Å². The zero-order chi connectivity index (χ0) is 15.9. The Morgan fingerprint density at radius 1 is 1.19 bits per heavy atom. The van der Waals surface area contributed by atoms with Crippen molar-refractivity contribution < 1.29 is 23.1 Å². The van der Waals surface area contributed by atoms with E-state index < -0.39 is 27.8 Å². The van der Waals surface area contributed by atoms with Gasteiger partial charge in [-0.05, 0) is 12.0 Å². The van der Waals surface area contributed by atoms with Crippen LogP contribution in [0.1, 0.15) is 30.9 Å². The van der Waals surface area contributed by atoms with Crippen LogP contribution < -0.4 is 5.32 Å². The van der Waals surface area contributed by atoms with Crippen LogP contribution in [0.4, 0.5) is 0 Å². The van der Waals surface area contributed by atoms with Crippen LogP contribution in [0.15, 0.2) is 30.3 Å². The molecule has 21 heavy (non-hydrogen) atoms. The SMILES string of the molecule is CS(=O)(=O)CCC(=O)NC(CCC(=O)O)c1ccccc1. The molecule has 6 nitrogen and oxygen atoms in total. The molecular formula is C14H19NO5S. The summed E-state index contributed by atoms with van der Waals surface area (Å²) in [6.07, 6.45) is 1.12. The first kappa shape index (κ1) is 17.2. The Bertz CT molecular complexity index is 583. The second-order valence-corrected chi connectivity index (χ2v) is 7.10. The number of rotatable bonds is 8. The number of carboxylic acid groups (broad SMARTS) is 1. The summed E-state index contributed by atoms with van der Waals surface area (Å²) in [6.45, 7) is 0. The number of carbonyl (C=O) groups is 2. The number of hydrogen-bond donors (Lipinski definition) is 2. The fraction of sp³-hybridized carbons (Fsp3) is 0.429. The van der Waals surface area contributed by atoms with Crippen LogP contribution in [0.5, 0.6) is 0 Å². The molecule has 1 rings (SSSR count). The van der Waals surface area contributed by atoms with E-state index in [1.54, 1.807) is 24.3 Å². The third-order valence-corrected chi connectivity index (χ3v) is 3.83. The molecule has 7 heteroatoms. The molecule has 0 fully saturated rings. The Labute approximate surface area is 124 Å². The minimum atomic E-state index is -3.20. The van der Waals surface area contributed by atoms with Gasteiger partial charge in [0.1, 0.15) is 9.84 Å². The molecule has 0 aliphatic carbocycles. The lowest BCUT2D eigenvalue weighted by atomic mass is 10.0. The van der Waals surface area contributed by atoms with Crippen molar-refractivity contribution in [3.05, 3.63) is 35.9 Å². The minimum Gasteiger partial charge on any atom is -0.481 e. The Morgan fingerprint density at radius 2 is 1.81 bits per heavy atom. The highest BCUT2D eigenvalue weighted by atomic mass is 32.2. The molecular weight excluding hydrogens is 294 g/mol.